The minimum absolute atomic E-state index is 0.104. The van der Waals surface area contributed by atoms with Crippen molar-refractivity contribution < 1.29 is 14.6 Å². The quantitative estimate of drug-likeness (QED) is 0.691. The first-order chi connectivity index (χ1) is 5.89. The van der Waals surface area contributed by atoms with Gasteiger partial charge in [0, 0.05) is 13.7 Å². The van der Waals surface area contributed by atoms with Crippen molar-refractivity contribution in [1.82, 2.24) is 0 Å². The topological polar surface area (TPSA) is 38.7 Å². The van der Waals surface area contributed by atoms with Gasteiger partial charge in [0.25, 0.3) is 0 Å². The van der Waals surface area contributed by atoms with Crippen molar-refractivity contribution in [3.63, 3.8) is 0 Å². The second kappa shape index (κ2) is 5.58. The normalized spacial score (nSPS) is 17.1. The van der Waals surface area contributed by atoms with E-state index in [1.807, 2.05) is 20.8 Å². The van der Waals surface area contributed by atoms with Crippen LogP contribution in [0.3, 0.4) is 0 Å². The monoisotopic (exact) mass is 190 g/mol. The van der Waals surface area contributed by atoms with Gasteiger partial charge in [-0.3, -0.25) is 0 Å². The molecule has 0 aliphatic heterocycles. The molecule has 0 amide bonds. The van der Waals surface area contributed by atoms with E-state index in [-0.39, 0.29) is 11.7 Å². The lowest BCUT2D eigenvalue weighted by atomic mass is 10.1. The van der Waals surface area contributed by atoms with Crippen molar-refractivity contribution in [2.45, 2.75) is 51.9 Å². The molecule has 0 spiro atoms. The van der Waals surface area contributed by atoms with Crippen LogP contribution in [0.25, 0.3) is 0 Å². The standard InChI is InChI=1S/C10H22O3/c1-8(11)9(2)13-7-6-10(3,4)12-5/h8-9,11H,6-7H2,1-5H3. The predicted molar refractivity (Wildman–Crippen MR) is 52.8 cm³/mol. The van der Waals surface area contributed by atoms with Crippen molar-refractivity contribution >= 4 is 0 Å². The molecule has 0 rings (SSSR count). The van der Waals surface area contributed by atoms with Gasteiger partial charge in [0.1, 0.15) is 0 Å². The summed E-state index contributed by atoms with van der Waals surface area (Å²) in [7, 11) is 1.69. The van der Waals surface area contributed by atoms with E-state index in [0.29, 0.717) is 6.61 Å². The van der Waals surface area contributed by atoms with Gasteiger partial charge in [-0.1, -0.05) is 0 Å². The zero-order valence-electron chi connectivity index (χ0n) is 9.33. The Morgan fingerprint density at radius 3 is 2.23 bits per heavy atom. The molecule has 0 heterocycles. The van der Waals surface area contributed by atoms with Crippen LogP contribution in [0.5, 0.6) is 0 Å². The molecule has 0 bridgehead atoms. The summed E-state index contributed by atoms with van der Waals surface area (Å²) in [6, 6.07) is 0. The second-order valence-electron chi connectivity index (χ2n) is 4.03. The van der Waals surface area contributed by atoms with Gasteiger partial charge in [-0.25, -0.2) is 0 Å². The number of ether oxygens (including phenoxy) is 2. The molecule has 3 nitrogen and oxygen atoms in total. The molecule has 0 aliphatic rings. The van der Waals surface area contributed by atoms with Crippen LogP contribution in [0, 0.1) is 0 Å². The van der Waals surface area contributed by atoms with Crippen LogP contribution in [0.2, 0.25) is 0 Å². The van der Waals surface area contributed by atoms with E-state index in [1.54, 1.807) is 14.0 Å². The molecule has 2 unspecified atom stereocenters. The highest BCUT2D eigenvalue weighted by Crippen LogP contribution is 2.13. The maximum Gasteiger partial charge on any atom is 0.0803 e. The fraction of sp³-hybridized carbons (Fsp3) is 1.00. The van der Waals surface area contributed by atoms with Gasteiger partial charge in [-0.2, -0.15) is 0 Å². The molecular formula is C10H22O3. The number of aliphatic hydroxyl groups excluding tert-OH is 1. The van der Waals surface area contributed by atoms with E-state index in [1.165, 1.54) is 0 Å². The molecule has 0 saturated heterocycles. The Balaban J connectivity index is 3.56. The number of rotatable bonds is 6. The summed E-state index contributed by atoms with van der Waals surface area (Å²) in [5.74, 6) is 0. The van der Waals surface area contributed by atoms with Crippen LogP contribution >= 0.6 is 0 Å². The molecule has 2 atom stereocenters. The maximum atomic E-state index is 9.15. The average Bonchev–Trinajstić information content (AvgIpc) is 2.04. The van der Waals surface area contributed by atoms with Crippen LogP contribution < -0.4 is 0 Å². The molecule has 80 valence electrons. The lowest BCUT2D eigenvalue weighted by Gasteiger charge is -2.24. The first kappa shape index (κ1) is 12.9. The van der Waals surface area contributed by atoms with Crippen LogP contribution in [-0.4, -0.2) is 36.6 Å². The maximum absolute atomic E-state index is 9.15. The van der Waals surface area contributed by atoms with Gasteiger partial charge in [0.05, 0.1) is 17.8 Å². The molecule has 13 heavy (non-hydrogen) atoms. The number of aliphatic hydroxyl groups is 1. The van der Waals surface area contributed by atoms with E-state index < -0.39 is 6.10 Å². The largest absolute Gasteiger partial charge is 0.391 e. The Hall–Kier alpha value is -0.120. The summed E-state index contributed by atoms with van der Waals surface area (Å²) in [5, 5.41) is 9.15. The van der Waals surface area contributed by atoms with Crippen molar-refractivity contribution in [1.29, 1.82) is 0 Å². The van der Waals surface area contributed by atoms with E-state index in [4.69, 9.17) is 14.6 Å². The van der Waals surface area contributed by atoms with Crippen LogP contribution in [-0.2, 0) is 9.47 Å². The fourth-order valence-corrected chi connectivity index (χ4v) is 0.732. The zero-order valence-corrected chi connectivity index (χ0v) is 9.33. The summed E-state index contributed by atoms with van der Waals surface area (Å²) >= 11 is 0. The van der Waals surface area contributed by atoms with Gasteiger partial charge in [0.2, 0.25) is 0 Å². The van der Waals surface area contributed by atoms with Gasteiger partial charge in [0.15, 0.2) is 0 Å². The molecular weight excluding hydrogens is 168 g/mol. The first-order valence-electron chi connectivity index (χ1n) is 4.74. The second-order valence-corrected chi connectivity index (χ2v) is 4.03. The smallest absolute Gasteiger partial charge is 0.0803 e. The highest BCUT2D eigenvalue weighted by atomic mass is 16.5. The highest BCUT2D eigenvalue weighted by molar-refractivity contribution is 4.67. The number of hydrogen-bond acceptors (Lipinski definition) is 3. The summed E-state index contributed by atoms with van der Waals surface area (Å²) in [5.41, 5.74) is -0.140. The van der Waals surface area contributed by atoms with Crippen LogP contribution in [0.4, 0.5) is 0 Å². The first-order valence-corrected chi connectivity index (χ1v) is 4.74. The van der Waals surface area contributed by atoms with E-state index >= 15 is 0 Å². The third kappa shape index (κ3) is 6.02. The Kier molecular flexibility index (Phi) is 5.53. The third-order valence-corrected chi connectivity index (χ3v) is 2.32. The van der Waals surface area contributed by atoms with E-state index in [0.717, 1.165) is 6.42 Å². The fourth-order valence-electron chi connectivity index (χ4n) is 0.732. The van der Waals surface area contributed by atoms with Crippen molar-refractivity contribution in [2.75, 3.05) is 13.7 Å². The molecule has 0 aromatic carbocycles. The Morgan fingerprint density at radius 1 is 1.31 bits per heavy atom. The summed E-state index contributed by atoms with van der Waals surface area (Å²) in [4.78, 5) is 0. The number of methoxy groups -OCH3 is 1. The van der Waals surface area contributed by atoms with Crippen molar-refractivity contribution in [3.05, 3.63) is 0 Å². The number of hydrogen-bond donors (Lipinski definition) is 1. The minimum Gasteiger partial charge on any atom is -0.391 e. The highest BCUT2D eigenvalue weighted by Gasteiger charge is 2.17. The molecule has 0 aromatic heterocycles. The molecule has 0 saturated carbocycles. The predicted octanol–water partition coefficient (Wildman–Crippen LogP) is 1.59. The Morgan fingerprint density at radius 2 is 1.85 bits per heavy atom. The van der Waals surface area contributed by atoms with Crippen LogP contribution in [0.15, 0.2) is 0 Å². The molecule has 0 aromatic rings. The van der Waals surface area contributed by atoms with Gasteiger partial charge in [-0.15, -0.1) is 0 Å². The third-order valence-electron chi connectivity index (χ3n) is 2.32. The molecule has 0 fully saturated rings. The Bertz CT molecular complexity index is 132. The average molecular weight is 190 g/mol. The van der Waals surface area contributed by atoms with E-state index in [9.17, 15) is 0 Å². The molecule has 3 heteroatoms. The molecule has 0 radical (unpaired) electrons. The lowest BCUT2D eigenvalue weighted by Crippen LogP contribution is -2.28. The van der Waals surface area contributed by atoms with E-state index in [2.05, 4.69) is 0 Å². The molecule has 0 aliphatic carbocycles. The van der Waals surface area contributed by atoms with Crippen LogP contribution in [0.1, 0.15) is 34.1 Å². The van der Waals surface area contributed by atoms with Crippen molar-refractivity contribution in [2.24, 2.45) is 0 Å². The zero-order chi connectivity index (χ0) is 10.5. The van der Waals surface area contributed by atoms with Crippen molar-refractivity contribution in [3.8, 4) is 0 Å². The summed E-state index contributed by atoms with van der Waals surface area (Å²) in [6.07, 6.45) is 0.318. The SMILES string of the molecule is COC(C)(C)CCOC(C)C(C)O. The molecule has 1 N–H and O–H groups in total. The van der Waals surface area contributed by atoms with Gasteiger partial charge >= 0.3 is 0 Å². The van der Waals surface area contributed by atoms with Gasteiger partial charge in [-0.05, 0) is 34.1 Å². The summed E-state index contributed by atoms with van der Waals surface area (Å²) < 4.78 is 10.6. The Labute approximate surface area is 81.0 Å². The lowest BCUT2D eigenvalue weighted by molar-refractivity contribution is -0.0524. The minimum atomic E-state index is -0.411. The van der Waals surface area contributed by atoms with Gasteiger partial charge < -0.3 is 14.6 Å². The summed E-state index contributed by atoms with van der Waals surface area (Å²) in [6.45, 7) is 8.25.